The third-order valence-electron chi connectivity index (χ3n) is 5.43. The molecule has 6 heteroatoms. The fraction of sp³-hybridized carbons (Fsp3) is 0.160. The van der Waals surface area contributed by atoms with Gasteiger partial charge in [0.15, 0.2) is 0 Å². The minimum absolute atomic E-state index is 0.0399. The van der Waals surface area contributed by atoms with E-state index in [0.717, 1.165) is 12.0 Å². The van der Waals surface area contributed by atoms with Gasteiger partial charge < -0.3 is 9.84 Å². The zero-order valence-electron chi connectivity index (χ0n) is 17.3. The van der Waals surface area contributed by atoms with E-state index in [9.17, 15) is 14.7 Å². The molecule has 1 saturated heterocycles. The van der Waals surface area contributed by atoms with Gasteiger partial charge in [-0.05, 0) is 47.9 Å². The van der Waals surface area contributed by atoms with E-state index >= 15 is 0 Å². The maximum atomic E-state index is 13.1. The minimum atomic E-state index is -0.798. The van der Waals surface area contributed by atoms with Crippen molar-refractivity contribution >= 4 is 23.1 Å². The second-order valence-corrected chi connectivity index (χ2v) is 7.20. The van der Waals surface area contributed by atoms with E-state index in [1.54, 1.807) is 68.0 Å². The molecule has 3 aromatic rings. The van der Waals surface area contributed by atoms with E-state index in [2.05, 4.69) is 4.98 Å². The first-order valence-electron chi connectivity index (χ1n) is 9.99. The van der Waals surface area contributed by atoms with Crippen molar-refractivity contribution in [2.24, 2.45) is 0 Å². The maximum absolute atomic E-state index is 13.1. The lowest BCUT2D eigenvalue weighted by molar-refractivity contribution is -0.132. The number of carbonyl (C=O) groups is 2. The second kappa shape index (κ2) is 8.44. The van der Waals surface area contributed by atoms with Crippen molar-refractivity contribution < 1.29 is 19.4 Å². The van der Waals surface area contributed by atoms with Crippen LogP contribution in [0.25, 0.3) is 5.76 Å². The van der Waals surface area contributed by atoms with Gasteiger partial charge in [0.05, 0.1) is 18.7 Å². The number of ketones is 1. The maximum Gasteiger partial charge on any atom is 0.300 e. The Kier molecular flexibility index (Phi) is 5.54. The van der Waals surface area contributed by atoms with Crippen molar-refractivity contribution in [2.75, 3.05) is 12.0 Å². The molecule has 156 valence electrons. The molecule has 0 bridgehead atoms. The number of aliphatic hydroxyl groups is 1. The highest BCUT2D eigenvalue weighted by Gasteiger charge is 2.47. The highest BCUT2D eigenvalue weighted by atomic mass is 16.5. The minimum Gasteiger partial charge on any atom is -0.507 e. The number of methoxy groups -OCH3 is 1. The topological polar surface area (TPSA) is 79.7 Å². The van der Waals surface area contributed by atoms with Crippen LogP contribution in [0.3, 0.4) is 0 Å². The predicted octanol–water partition coefficient (Wildman–Crippen LogP) is 4.28. The number of benzene rings is 2. The molecule has 1 aliphatic heterocycles. The van der Waals surface area contributed by atoms with Gasteiger partial charge in [-0.3, -0.25) is 19.5 Å². The van der Waals surface area contributed by atoms with Gasteiger partial charge in [0.1, 0.15) is 11.5 Å². The third kappa shape index (κ3) is 3.68. The number of aromatic nitrogens is 1. The molecule has 1 atom stereocenters. The summed E-state index contributed by atoms with van der Waals surface area (Å²) in [6.45, 7) is 2.04. The van der Waals surface area contributed by atoms with Gasteiger partial charge in [0, 0.05) is 23.6 Å². The van der Waals surface area contributed by atoms with E-state index in [1.807, 2.05) is 19.1 Å². The molecular weight excluding hydrogens is 392 g/mol. The lowest BCUT2D eigenvalue weighted by Gasteiger charge is -2.25. The first kappa shape index (κ1) is 20.3. The van der Waals surface area contributed by atoms with Crippen LogP contribution in [0.5, 0.6) is 5.75 Å². The van der Waals surface area contributed by atoms with Crippen LogP contribution < -0.4 is 9.64 Å². The quantitative estimate of drug-likeness (QED) is 0.383. The number of ether oxygens (including phenoxy) is 1. The monoisotopic (exact) mass is 414 g/mol. The number of amides is 1. The van der Waals surface area contributed by atoms with Crippen LogP contribution in [-0.4, -0.2) is 28.9 Å². The molecule has 0 saturated carbocycles. The van der Waals surface area contributed by atoms with Crippen molar-refractivity contribution in [1.29, 1.82) is 0 Å². The zero-order valence-corrected chi connectivity index (χ0v) is 17.3. The summed E-state index contributed by atoms with van der Waals surface area (Å²) >= 11 is 0. The van der Waals surface area contributed by atoms with E-state index in [-0.39, 0.29) is 11.3 Å². The van der Waals surface area contributed by atoms with Crippen molar-refractivity contribution in [3.05, 3.63) is 95.3 Å². The molecule has 0 aliphatic carbocycles. The number of anilines is 1. The summed E-state index contributed by atoms with van der Waals surface area (Å²) in [6, 6.07) is 16.9. The number of rotatable bonds is 5. The standard InChI is InChI=1S/C25H22N2O4/c1-3-16-6-8-17(9-7-16)23(28)21-22(18-5-4-14-26-15-18)27(25(30)24(21)29)19-10-12-20(31-2)13-11-19/h4-15,22,28H,3H2,1-2H3/b23-21-. The fourth-order valence-corrected chi connectivity index (χ4v) is 3.75. The summed E-state index contributed by atoms with van der Waals surface area (Å²) in [5.74, 6) is -1.01. The summed E-state index contributed by atoms with van der Waals surface area (Å²) in [5.41, 5.74) is 2.79. The van der Waals surface area contributed by atoms with Crippen molar-refractivity contribution in [1.82, 2.24) is 4.98 Å². The Bertz CT molecular complexity index is 1140. The van der Waals surface area contributed by atoms with E-state index in [0.29, 0.717) is 22.6 Å². The Morgan fingerprint density at radius 3 is 2.35 bits per heavy atom. The number of Topliss-reactive ketones (excluding diaryl/α,β-unsaturated/α-hetero) is 1. The van der Waals surface area contributed by atoms with Crippen molar-refractivity contribution in [2.45, 2.75) is 19.4 Å². The van der Waals surface area contributed by atoms with Crippen LogP contribution in [0.15, 0.2) is 78.6 Å². The molecule has 0 spiro atoms. The SMILES string of the molecule is CCc1ccc(/C(O)=C2/C(=O)C(=O)N(c3ccc(OC)cc3)C2c2cccnc2)cc1. The summed E-state index contributed by atoms with van der Waals surface area (Å²) in [7, 11) is 1.56. The molecular formula is C25H22N2O4. The molecule has 31 heavy (non-hydrogen) atoms. The van der Waals surface area contributed by atoms with E-state index in [4.69, 9.17) is 4.74 Å². The molecule has 1 fully saturated rings. The van der Waals surface area contributed by atoms with Gasteiger partial charge >= 0.3 is 0 Å². The Morgan fingerprint density at radius 2 is 1.77 bits per heavy atom. The van der Waals surface area contributed by atoms with E-state index in [1.165, 1.54) is 4.90 Å². The third-order valence-corrected chi connectivity index (χ3v) is 5.43. The Morgan fingerprint density at radius 1 is 1.06 bits per heavy atom. The molecule has 1 aromatic heterocycles. The van der Waals surface area contributed by atoms with Crippen LogP contribution in [0, 0.1) is 0 Å². The average Bonchev–Trinajstić information content (AvgIpc) is 3.09. The van der Waals surface area contributed by atoms with Crippen LogP contribution in [-0.2, 0) is 16.0 Å². The van der Waals surface area contributed by atoms with E-state index < -0.39 is 17.7 Å². The van der Waals surface area contributed by atoms with Gasteiger partial charge in [-0.15, -0.1) is 0 Å². The number of hydrogen-bond donors (Lipinski definition) is 1. The van der Waals surface area contributed by atoms with Gasteiger partial charge in [-0.1, -0.05) is 37.3 Å². The number of hydrogen-bond acceptors (Lipinski definition) is 5. The highest BCUT2D eigenvalue weighted by molar-refractivity contribution is 6.51. The number of pyridine rings is 1. The summed E-state index contributed by atoms with van der Waals surface area (Å²) in [6.07, 6.45) is 4.08. The zero-order chi connectivity index (χ0) is 22.0. The molecule has 6 nitrogen and oxygen atoms in total. The van der Waals surface area contributed by atoms with Gasteiger partial charge in [-0.2, -0.15) is 0 Å². The van der Waals surface area contributed by atoms with Crippen molar-refractivity contribution in [3.8, 4) is 5.75 Å². The Labute approximate surface area is 180 Å². The smallest absolute Gasteiger partial charge is 0.300 e. The number of aliphatic hydroxyl groups excluding tert-OH is 1. The molecule has 1 aliphatic rings. The fourth-order valence-electron chi connectivity index (χ4n) is 3.75. The largest absolute Gasteiger partial charge is 0.507 e. The average molecular weight is 414 g/mol. The summed E-state index contributed by atoms with van der Waals surface area (Å²) < 4.78 is 5.20. The van der Waals surface area contributed by atoms with Gasteiger partial charge in [0.2, 0.25) is 0 Å². The van der Waals surface area contributed by atoms with Gasteiger partial charge in [0.25, 0.3) is 11.7 Å². The molecule has 2 aromatic carbocycles. The lowest BCUT2D eigenvalue weighted by atomic mass is 9.95. The van der Waals surface area contributed by atoms with Crippen LogP contribution >= 0.6 is 0 Å². The summed E-state index contributed by atoms with van der Waals surface area (Å²) in [5, 5.41) is 11.1. The number of nitrogens with zero attached hydrogens (tertiary/aromatic N) is 2. The normalized spacial score (nSPS) is 17.7. The van der Waals surface area contributed by atoms with Crippen LogP contribution in [0.1, 0.15) is 29.7 Å². The first-order valence-corrected chi connectivity index (χ1v) is 9.99. The number of carbonyl (C=O) groups excluding carboxylic acids is 2. The first-order chi connectivity index (χ1) is 15.0. The van der Waals surface area contributed by atoms with Crippen molar-refractivity contribution in [3.63, 3.8) is 0 Å². The van der Waals surface area contributed by atoms with Crippen LogP contribution in [0.2, 0.25) is 0 Å². The van der Waals surface area contributed by atoms with Crippen LogP contribution in [0.4, 0.5) is 5.69 Å². The molecule has 4 rings (SSSR count). The molecule has 1 unspecified atom stereocenters. The molecule has 1 N–H and O–H groups in total. The molecule has 2 heterocycles. The summed E-state index contributed by atoms with van der Waals surface area (Å²) in [4.78, 5) is 31.7. The molecule has 1 amide bonds. The number of aryl methyl sites for hydroxylation is 1. The predicted molar refractivity (Wildman–Crippen MR) is 118 cm³/mol. The lowest BCUT2D eigenvalue weighted by Crippen LogP contribution is -2.29. The molecule has 0 radical (unpaired) electrons. The Balaban J connectivity index is 1.88. The highest BCUT2D eigenvalue weighted by Crippen LogP contribution is 2.42. The second-order valence-electron chi connectivity index (χ2n) is 7.20. The van der Waals surface area contributed by atoms with Gasteiger partial charge in [-0.25, -0.2) is 0 Å². The Hall–Kier alpha value is -3.93.